The van der Waals surface area contributed by atoms with Crippen molar-refractivity contribution in [1.29, 1.82) is 0 Å². The Morgan fingerprint density at radius 2 is 2.21 bits per heavy atom. The summed E-state index contributed by atoms with van der Waals surface area (Å²) >= 11 is 0. The number of carbonyl (C=O) groups is 1. The predicted octanol–water partition coefficient (Wildman–Crippen LogP) is 1.42. The Labute approximate surface area is 144 Å². The Kier molecular flexibility index (Phi) is 6.62. The van der Waals surface area contributed by atoms with E-state index in [2.05, 4.69) is 15.3 Å². The molecule has 7 nitrogen and oxygen atoms in total. The molecule has 2 rings (SSSR count). The van der Waals surface area contributed by atoms with Gasteiger partial charge in [-0.3, -0.25) is 9.69 Å². The van der Waals surface area contributed by atoms with Crippen LogP contribution in [-0.4, -0.2) is 60.5 Å². The summed E-state index contributed by atoms with van der Waals surface area (Å²) in [6, 6.07) is -0.00210. The molecule has 1 aliphatic rings. The molecule has 24 heavy (non-hydrogen) atoms. The summed E-state index contributed by atoms with van der Waals surface area (Å²) in [5.41, 5.74) is 2.08. The number of aromatic nitrogens is 2. The molecule has 0 spiro atoms. The van der Waals surface area contributed by atoms with Gasteiger partial charge in [0.05, 0.1) is 24.4 Å². The lowest BCUT2D eigenvalue weighted by atomic mass is 10.0. The Hall–Kier alpha value is -1.60. The molecule has 1 aromatic rings. The lowest BCUT2D eigenvalue weighted by molar-refractivity contribution is -0.126. The van der Waals surface area contributed by atoms with E-state index in [1.165, 1.54) is 0 Å². The van der Waals surface area contributed by atoms with E-state index in [1.807, 2.05) is 20.9 Å². The summed E-state index contributed by atoms with van der Waals surface area (Å²) in [5, 5.41) is 7.49. The standard InChI is InChI=1S/C17H30N4O3/c1-12-15(17(24-5)20(3)19-12)14-8-6-10-21(14)13(2)16(22)18-9-7-11-23-4/h13-14H,6-11H2,1-5H3,(H,18,22). The molecule has 2 atom stereocenters. The molecule has 0 aliphatic carbocycles. The van der Waals surface area contributed by atoms with Crippen molar-refractivity contribution >= 4 is 5.91 Å². The summed E-state index contributed by atoms with van der Waals surface area (Å²) in [4.78, 5) is 14.7. The number of likely N-dealkylation sites (tertiary alicyclic amines) is 1. The molecular weight excluding hydrogens is 308 g/mol. The molecule has 136 valence electrons. The number of carbonyl (C=O) groups excluding carboxylic acids is 1. The highest BCUT2D eigenvalue weighted by atomic mass is 16.5. The van der Waals surface area contributed by atoms with Crippen LogP contribution < -0.4 is 10.1 Å². The quantitative estimate of drug-likeness (QED) is 0.726. The lowest BCUT2D eigenvalue weighted by Crippen LogP contribution is -2.45. The first-order chi connectivity index (χ1) is 11.5. The zero-order valence-corrected chi connectivity index (χ0v) is 15.5. The molecule has 2 heterocycles. The molecule has 2 unspecified atom stereocenters. The maximum Gasteiger partial charge on any atom is 0.237 e. The third-order valence-electron chi connectivity index (χ3n) is 4.74. The first-order valence-electron chi connectivity index (χ1n) is 8.61. The average Bonchev–Trinajstić information content (AvgIpc) is 3.13. The van der Waals surface area contributed by atoms with Gasteiger partial charge in [0, 0.05) is 33.4 Å². The molecule has 7 heteroatoms. The van der Waals surface area contributed by atoms with Crippen LogP contribution in [0, 0.1) is 6.92 Å². The van der Waals surface area contributed by atoms with Crippen LogP contribution in [0.2, 0.25) is 0 Å². The predicted molar refractivity (Wildman–Crippen MR) is 92.1 cm³/mol. The van der Waals surface area contributed by atoms with Crippen molar-refractivity contribution in [2.45, 2.75) is 45.2 Å². The molecule has 1 aliphatic heterocycles. The van der Waals surface area contributed by atoms with Gasteiger partial charge in [0.2, 0.25) is 11.8 Å². The van der Waals surface area contributed by atoms with Gasteiger partial charge < -0.3 is 14.8 Å². The van der Waals surface area contributed by atoms with Crippen molar-refractivity contribution < 1.29 is 14.3 Å². The van der Waals surface area contributed by atoms with Gasteiger partial charge in [-0.1, -0.05) is 0 Å². The summed E-state index contributed by atoms with van der Waals surface area (Å²) in [6.07, 6.45) is 2.92. The molecule has 1 aromatic heterocycles. The van der Waals surface area contributed by atoms with Crippen molar-refractivity contribution in [2.75, 3.05) is 33.9 Å². The minimum Gasteiger partial charge on any atom is -0.481 e. The monoisotopic (exact) mass is 338 g/mol. The third-order valence-corrected chi connectivity index (χ3v) is 4.74. The highest BCUT2D eigenvalue weighted by Gasteiger charge is 2.36. The zero-order valence-electron chi connectivity index (χ0n) is 15.5. The molecule has 0 bridgehead atoms. The fraction of sp³-hybridized carbons (Fsp3) is 0.765. The third kappa shape index (κ3) is 3.89. The van der Waals surface area contributed by atoms with E-state index in [0.717, 1.165) is 42.9 Å². The summed E-state index contributed by atoms with van der Waals surface area (Å²) in [5.74, 6) is 0.857. The Bertz CT molecular complexity index is 558. The molecule has 0 aromatic carbocycles. The zero-order chi connectivity index (χ0) is 17.7. The van der Waals surface area contributed by atoms with Crippen molar-refractivity contribution in [3.05, 3.63) is 11.3 Å². The number of aryl methyl sites for hydroxylation is 2. The Balaban J connectivity index is 2.09. The number of hydrogen-bond donors (Lipinski definition) is 1. The van der Waals surface area contributed by atoms with Crippen LogP contribution in [0.4, 0.5) is 0 Å². The van der Waals surface area contributed by atoms with Crippen LogP contribution in [0.15, 0.2) is 0 Å². The van der Waals surface area contributed by atoms with E-state index in [9.17, 15) is 4.79 Å². The van der Waals surface area contributed by atoms with Gasteiger partial charge >= 0.3 is 0 Å². The van der Waals surface area contributed by atoms with E-state index in [-0.39, 0.29) is 18.0 Å². The molecule has 1 amide bonds. The molecule has 1 fully saturated rings. The van der Waals surface area contributed by atoms with Gasteiger partial charge in [-0.05, 0) is 39.7 Å². The van der Waals surface area contributed by atoms with Crippen molar-refractivity contribution in [3.63, 3.8) is 0 Å². The Morgan fingerprint density at radius 1 is 1.46 bits per heavy atom. The van der Waals surface area contributed by atoms with E-state index in [1.54, 1.807) is 18.9 Å². The largest absolute Gasteiger partial charge is 0.481 e. The second kappa shape index (κ2) is 8.48. The number of rotatable bonds is 8. The van der Waals surface area contributed by atoms with Crippen LogP contribution in [0.5, 0.6) is 5.88 Å². The van der Waals surface area contributed by atoms with Crippen LogP contribution in [0.3, 0.4) is 0 Å². The van der Waals surface area contributed by atoms with E-state index >= 15 is 0 Å². The van der Waals surface area contributed by atoms with Gasteiger partial charge in [-0.25, -0.2) is 4.68 Å². The van der Waals surface area contributed by atoms with Crippen molar-refractivity contribution in [3.8, 4) is 5.88 Å². The van der Waals surface area contributed by atoms with Gasteiger partial charge in [0.25, 0.3) is 0 Å². The SMILES string of the molecule is COCCCNC(=O)C(C)N1CCCC1c1c(C)nn(C)c1OC. The highest BCUT2D eigenvalue weighted by Crippen LogP contribution is 2.39. The number of ether oxygens (including phenoxy) is 2. The first-order valence-corrected chi connectivity index (χ1v) is 8.61. The molecule has 0 saturated carbocycles. The minimum absolute atomic E-state index is 0.0681. The smallest absolute Gasteiger partial charge is 0.237 e. The number of nitrogens with one attached hydrogen (secondary N) is 1. The maximum atomic E-state index is 12.5. The topological polar surface area (TPSA) is 68.6 Å². The van der Waals surface area contributed by atoms with Gasteiger partial charge in [-0.15, -0.1) is 0 Å². The fourth-order valence-corrected chi connectivity index (χ4v) is 3.57. The van der Waals surface area contributed by atoms with Crippen LogP contribution in [0.25, 0.3) is 0 Å². The number of nitrogens with zero attached hydrogens (tertiary/aromatic N) is 3. The van der Waals surface area contributed by atoms with E-state index in [0.29, 0.717) is 13.2 Å². The van der Waals surface area contributed by atoms with E-state index < -0.39 is 0 Å². The second-order valence-corrected chi connectivity index (χ2v) is 6.34. The van der Waals surface area contributed by atoms with Crippen LogP contribution in [0.1, 0.15) is 43.5 Å². The summed E-state index contributed by atoms with van der Waals surface area (Å²) in [6.45, 7) is 6.19. The molecule has 1 N–H and O–H groups in total. The second-order valence-electron chi connectivity index (χ2n) is 6.34. The first kappa shape index (κ1) is 18.7. The number of methoxy groups -OCH3 is 2. The van der Waals surface area contributed by atoms with Crippen molar-refractivity contribution in [2.24, 2.45) is 7.05 Å². The van der Waals surface area contributed by atoms with Gasteiger partial charge in [0.1, 0.15) is 0 Å². The van der Waals surface area contributed by atoms with Gasteiger partial charge in [0.15, 0.2) is 0 Å². The highest BCUT2D eigenvalue weighted by molar-refractivity contribution is 5.81. The minimum atomic E-state index is -0.177. The van der Waals surface area contributed by atoms with E-state index in [4.69, 9.17) is 9.47 Å². The summed E-state index contributed by atoms with van der Waals surface area (Å²) in [7, 11) is 5.23. The normalized spacial score (nSPS) is 19.5. The molecule has 1 saturated heterocycles. The fourth-order valence-electron chi connectivity index (χ4n) is 3.57. The van der Waals surface area contributed by atoms with Gasteiger partial charge in [-0.2, -0.15) is 5.10 Å². The van der Waals surface area contributed by atoms with Crippen molar-refractivity contribution in [1.82, 2.24) is 20.0 Å². The average molecular weight is 338 g/mol. The molecular formula is C17H30N4O3. The Morgan fingerprint density at radius 3 is 2.88 bits per heavy atom. The van der Waals surface area contributed by atoms with Crippen LogP contribution in [-0.2, 0) is 16.6 Å². The number of hydrogen-bond acceptors (Lipinski definition) is 5. The maximum absolute atomic E-state index is 12.5. The lowest BCUT2D eigenvalue weighted by Gasteiger charge is -2.30. The molecule has 0 radical (unpaired) electrons. The summed E-state index contributed by atoms with van der Waals surface area (Å²) < 4.78 is 12.3. The number of amides is 1. The van der Waals surface area contributed by atoms with Crippen LogP contribution >= 0.6 is 0 Å².